The van der Waals surface area contributed by atoms with Crippen LogP contribution in [0.25, 0.3) is 0 Å². The molecule has 3 rings (SSSR count). The van der Waals surface area contributed by atoms with E-state index in [1.807, 2.05) is 0 Å². The Morgan fingerprint density at radius 2 is 1.89 bits per heavy atom. The number of esters is 1. The topological polar surface area (TPSA) is 52.3 Å². The minimum Gasteiger partial charge on any atom is -0.462 e. The third kappa shape index (κ3) is 2.18. The van der Waals surface area contributed by atoms with Crippen molar-refractivity contribution in [2.75, 3.05) is 0 Å². The van der Waals surface area contributed by atoms with Gasteiger partial charge in [-0.1, -0.05) is 13.3 Å². The zero-order valence-corrected chi connectivity index (χ0v) is 11.3. The summed E-state index contributed by atoms with van der Waals surface area (Å²) in [4.78, 5) is 12.3. The number of rotatable bonds is 2. The Balaban J connectivity index is 1.58. The Bertz CT molecular complexity index is 328. The van der Waals surface area contributed by atoms with Crippen LogP contribution in [0.1, 0.15) is 51.9 Å². The number of fused-ring (bicyclic) bond motifs is 2. The van der Waals surface area contributed by atoms with Crippen molar-refractivity contribution < 1.29 is 9.53 Å². The molecule has 3 nitrogen and oxygen atoms in total. The minimum absolute atomic E-state index is 0.000910. The molecule has 0 heterocycles. The zero-order chi connectivity index (χ0) is 12.7. The van der Waals surface area contributed by atoms with Gasteiger partial charge in [-0.25, -0.2) is 0 Å². The summed E-state index contributed by atoms with van der Waals surface area (Å²) in [7, 11) is 0. The third-order valence-corrected chi connectivity index (χ3v) is 5.42. The van der Waals surface area contributed by atoms with Crippen LogP contribution in [0.2, 0.25) is 0 Å². The maximum Gasteiger partial charge on any atom is 0.311 e. The van der Waals surface area contributed by atoms with Crippen LogP contribution in [0.15, 0.2) is 0 Å². The second-order valence-electron chi connectivity index (χ2n) is 6.77. The van der Waals surface area contributed by atoms with E-state index in [-0.39, 0.29) is 24.0 Å². The number of carbonyl (C=O) groups is 1. The molecule has 3 heteroatoms. The van der Waals surface area contributed by atoms with E-state index in [1.165, 1.54) is 25.7 Å². The van der Waals surface area contributed by atoms with Crippen LogP contribution in [0.5, 0.6) is 0 Å². The quantitative estimate of drug-likeness (QED) is 0.767. The van der Waals surface area contributed by atoms with Gasteiger partial charge in [0, 0.05) is 6.04 Å². The number of carbonyl (C=O) groups excluding carboxylic acids is 1. The fourth-order valence-electron chi connectivity index (χ4n) is 4.41. The molecule has 3 saturated carbocycles. The van der Waals surface area contributed by atoms with E-state index < -0.39 is 0 Å². The van der Waals surface area contributed by atoms with Crippen molar-refractivity contribution in [3.8, 4) is 0 Å². The van der Waals surface area contributed by atoms with Crippen molar-refractivity contribution in [3.63, 3.8) is 0 Å². The lowest BCUT2D eigenvalue weighted by Gasteiger charge is -2.31. The molecule has 0 spiro atoms. The van der Waals surface area contributed by atoms with Gasteiger partial charge in [0.2, 0.25) is 0 Å². The van der Waals surface area contributed by atoms with E-state index >= 15 is 0 Å². The van der Waals surface area contributed by atoms with Gasteiger partial charge in [0.15, 0.2) is 0 Å². The van der Waals surface area contributed by atoms with Crippen molar-refractivity contribution in [2.45, 2.75) is 64.0 Å². The first-order valence-corrected chi connectivity index (χ1v) is 7.61. The predicted molar refractivity (Wildman–Crippen MR) is 69.8 cm³/mol. The van der Waals surface area contributed by atoms with Crippen LogP contribution in [-0.4, -0.2) is 18.1 Å². The fourth-order valence-corrected chi connectivity index (χ4v) is 4.41. The average molecular weight is 251 g/mol. The van der Waals surface area contributed by atoms with Crippen LogP contribution < -0.4 is 5.73 Å². The number of hydrogen-bond acceptors (Lipinski definition) is 3. The lowest BCUT2D eigenvalue weighted by Crippen LogP contribution is -2.42. The summed E-state index contributed by atoms with van der Waals surface area (Å²) in [6, 6.07) is 0.0669. The first-order chi connectivity index (χ1) is 8.65. The molecule has 3 fully saturated rings. The summed E-state index contributed by atoms with van der Waals surface area (Å²) >= 11 is 0. The van der Waals surface area contributed by atoms with Gasteiger partial charge in [0.05, 0.1) is 5.92 Å². The molecule has 0 amide bonds. The molecule has 0 saturated heterocycles. The lowest BCUT2D eigenvalue weighted by molar-refractivity contribution is -0.158. The molecule has 0 aliphatic heterocycles. The van der Waals surface area contributed by atoms with Crippen molar-refractivity contribution in [3.05, 3.63) is 0 Å². The molecule has 6 atom stereocenters. The van der Waals surface area contributed by atoms with Crippen LogP contribution in [-0.2, 0) is 9.53 Å². The first kappa shape index (κ1) is 12.5. The summed E-state index contributed by atoms with van der Waals surface area (Å²) in [5.74, 6) is 1.80. The van der Waals surface area contributed by atoms with E-state index in [2.05, 4.69) is 6.92 Å². The van der Waals surface area contributed by atoms with Crippen molar-refractivity contribution in [1.82, 2.24) is 0 Å². The van der Waals surface area contributed by atoms with Crippen LogP contribution in [0, 0.1) is 23.7 Å². The summed E-state index contributed by atoms with van der Waals surface area (Å²) in [6.07, 6.45) is 8.28. The summed E-state index contributed by atoms with van der Waals surface area (Å²) < 4.78 is 5.75. The summed E-state index contributed by atoms with van der Waals surface area (Å²) in [6.45, 7) is 2.25. The fraction of sp³-hybridized carbons (Fsp3) is 0.933. The normalized spacial score (nSPS) is 47.2. The maximum atomic E-state index is 12.3. The van der Waals surface area contributed by atoms with Crippen molar-refractivity contribution in [2.24, 2.45) is 29.4 Å². The monoisotopic (exact) mass is 251 g/mol. The molecule has 0 aromatic carbocycles. The summed E-state index contributed by atoms with van der Waals surface area (Å²) in [5, 5.41) is 0. The highest BCUT2D eigenvalue weighted by Crippen LogP contribution is 2.48. The molecule has 0 radical (unpaired) electrons. The molecule has 0 aromatic heterocycles. The lowest BCUT2D eigenvalue weighted by atomic mass is 9.84. The average Bonchev–Trinajstić information content (AvgIpc) is 2.89. The molecule has 2 N–H and O–H groups in total. The molecular weight excluding hydrogens is 226 g/mol. The number of hydrogen-bond donors (Lipinski definition) is 1. The van der Waals surface area contributed by atoms with E-state index in [1.54, 1.807) is 0 Å². The van der Waals surface area contributed by atoms with Crippen molar-refractivity contribution in [1.29, 1.82) is 0 Å². The molecular formula is C15H25NO2. The third-order valence-electron chi connectivity index (χ3n) is 5.42. The standard InChI is InChI=1S/C15H25NO2/c1-9-3-2-4-12(7-9)18-15(17)13-10-5-6-11(8-10)14(13)16/h9-14H,2-8,16H2,1H3. The van der Waals surface area contributed by atoms with Crippen molar-refractivity contribution >= 4 is 5.97 Å². The van der Waals surface area contributed by atoms with Gasteiger partial charge in [-0.2, -0.15) is 0 Å². The van der Waals surface area contributed by atoms with Gasteiger partial charge in [-0.15, -0.1) is 0 Å². The molecule has 3 aliphatic carbocycles. The highest BCUT2D eigenvalue weighted by Gasteiger charge is 2.50. The number of nitrogens with two attached hydrogens (primary N) is 1. The van der Waals surface area contributed by atoms with Crippen LogP contribution in [0.3, 0.4) is 0 Å². The molecule has 3 aliphatic rings. The van der Waals surface area contributed by atoms with E-state index in [9.17, 15) is 4.79 Å². The number of ether oxygens (including phenoxy) is 1. The molecule has 0 aromatic rings. The Kier molecular flexibility index (Phi) is 3.35. The molecule has 102 valence electrons. The van der Waals surface area contributed by atoms with Gasteiger partial charge in [-0.05, 0) is 56.3 Å². The Morgan fingerprint density at radius 3 is 2.56 bits per heavy atom. The smallest absolute Gasteiger partial charge is 0.311 e. The van der Waals surface area contributed by atoms with Gasteiger partial charge in [0.25, 0.3) is 0 Å². The van der Waals surface area contributed by atoms with Crippen LogP contribution >= 0.6 is 0 Å². The maximum absolute atomic E-state index is 12.3. The first-order valence-electron chi connectivity index (χ1n) is 7.61. The second-order valence-corrected chi connectivity index (χ2v) is 6.77. The minimum atomic E-state index is 0.000910. The van der Waals surface area contributed by atoms with Gasteiger partial charge >= 0.3 is 5.97 Å². The molecule has 2 bridgehead atoms. The zero-order valence-electron chi connectivity index (χ0n) is 11.3. The summed E-state index contributed by atoms with van der Waals surface area (Å²) in [5.41, 5.74) is 6.20. The van der Waals surface area contributed by atoms with E-state index in [4.69, 9.17) is 10.5 Å². The van der Waals surface area contributed by atoms with E-state index in [0.29, 0.717) is 17.8 Å². The largest absolute Gasteiger partial charge is 0.462 e. The van der Waals surface area contributed by atoms with Gasteiger partial charge < -0.3 is 10.5 Å². The molecule has 18 heavy (non-hydrogen) atoms. The Hall–Kier alpha value is -0.570. The van der Waals surface area contributed by atoms with Gasteiger partial charge in [-0.3, -0.25) is 4.79 Å². The van der Waals surface area contributed by atoms with Gasteiger partial charge in [0.1, 0.15) is 6.10 Å². The predicted octanol–water partition coefficient (Wildman–Crippen LogP) is 2.48. The molecule has 6 unspecified atom stereocenters. The highest BCUT2D eigenvalue weighted by molar-refractivity contribution is 5.74. The van der Waals surface area contributed by atoms with E-state index in [0.717, 1.165) is 19.3 Å². The Labute approximate surface area is 109 Å². The SMILES string of the molecule is CC1CCCC(OC(=O)C2C3CCC(C3)C2N)C1. The second kappa shape index (κ2) is 4.84. The van der Waals surface area contributed by atoms with Crippen LogP contribution in [0.4, 0.5) is 0 Å². The Morgan fingerprint density at radius 1 is 1.11 bits per heavy atom. The highest BCUT2D eigenvalue weighted by atomic mass is 16.5.